The lowest BCUT2D eigenvalue weighted by atomic mass is 9.84. The third-order valence-electron chi connectivity index (χ3n) is 8.28. The number of anilines is 1. The number of benzene rings is 1. The van der Waals surface area contributed by atoms with E-state index in [1.54, 1.807) is 38.4 Å². The first kappa shape index (κ1) is 43.8. The summed E-state index contributed by atoms with van der Waals surface area (Å²) in [7, 11) is 1.68. The number of carboxylic acids is 1. The van der Waals surface area contributed by atoms with Crippen LogP contribution in [0, 0.1) is 23.7 Å². The van der Waals surface area contributed by atoms with Gasteiger partial charge in [0, 0.05) is 43.3 Å². The lowest BCUT2D eigenvalue weighted by Crippen LogP contribution is -2.44. The molecule has 3 unspecified atom stereocenters. The van der Waals surface area contributed by atoms with Crippen LogP contribution in [0.2, 0.25) is 0 Å². The van der Waals surface area contributed by atoms with Crippen molar-refractivity contribution in [3.63, 3.8) is 0 Å². The van der Waals surface area contributed by atoms with E-state index in [0.29, 0.717) is 42.8 Å². The van der Waals surface area contributed by atoms with Crippen molar-refractivity contribution in [3.05, 3.63) is 45.9 Å². The molecule has 1 aromatic carbocycles. The van der Waals surface area contributed by atoms with Crippen molar-refractivity contribution in [1.82, 2.24) is 20.7 Å². The van der Waals surface area contributed by atoms with Gasteiger partial charge in [0.05, 0.1) is 24.6 Å². The molecule has 1 aromatic heterocycles. The van der Waals surface area contributed by atoms with E-state index >= 15 is 0 Å². The Bertz CT molecular complexity index is 1520. The summed E-state index contributed by atoms with van der Waals surface area (Å²) in [6.07, 6.45) is 8.05. The molecule has 0 aliphatic rings. The summed E-state index contributed by atoms with van der Waals surface area (Å²) in [6, 6.07) is 6.05. The second-order valence-corrected chi connectivity index (χ2v) is 14.6. The van der Waals surface area contributed by atoms with Gasteiger partial charge in [-0.15, -0.1) is 23.7 Å². The van der Waals surface area contributed by atoms with Crippen molar-refractivity contribution in [2.75, 3.05) is 25.5 Å². The monoisotopic (exact) mass is 741 g/mol. The number of esters is 1. The number of hydroxylamine groups is 2. The zero-order chi connectivity index (χ0) is 38.8. The Morgan fingerprint density at radius 1 is 1.12 bits per heavy atom. The van der Waals surface area contributed by atoms with Gasteiger partial charge in [-0.3, -0.25) is 28.8 Å². The molecule has 0 saturated carbocycles. The van der Waals surface area contributed by atoms with Crippen molar-refractivity contribution >= 4 is 46.7 Å². The number of thiazole rings is 1. The number of unbranched alkanes of at least 4 members (excludes halogenated alkanes) is 2. The van der Waals surface area contributed by atoms with Crippen molar-refractivity contribution in [3.8, 4) is 12.3 Å². The second kappa shape index (κ2) is 21.9. The highest BCUT2D eigenvalue weighted by molar-refractivity contribution is 7.09. The standard InChI is InChI=1S/C38H55N5O8S/c1-9-11-13-19-50-43(34(46)14-12-10-2)31(25(3)4)21-32(51-26(5)44)36-42-30(24-52-36)35(47)41-29(22-38(6,7)37(48)49)20-27-15-17-28(18-16-27)40-33(45)23-39-8/h1,15-18,24-25,29,31-32,39H,10-14,19-23H2,2-8H3,(H,40,45)(H,41,47)(H,48,49). The maximum absolute atomic E-state index is 13.6. The molecule has 286 valence electrons. The fraction of sp³-hybridized carbons (Fsp3) is 0.579. The van der Waals surface area contributed by atoms with E-state index in [1.165, 1.54) is 12.0 Å². The molecule has 0 saturated heterocycles. The molecule has 0 aliphatic heterocycles. The SMILES string of the molecule is C#CCCCON(C(=O)CCCC)C(CC(OC(C)=O)c1nc(C(=O)NC(Cc2ccc(NC(=O)CNC)cc2)CC(C)(C)C(=O)O)cs1)C(C)C. The van der Waals surface area contributed by atoms with Gasteiger partial charge in [-0.05, 0) is 70.2 Å². The third kappa shape index (κ3) is 14.7. The van der Waals surface area contributed by atoms with Crippen LogP contribution in [0.5, 0.6) is 0 Å². The second-order valence-electron chi connectivity index (χ2n) is 13.7. The Balaban J connectivity index is 2.34. The molecule has 0 bridgehead atoms. The molecule has 2 aromatic rings. The van der Waals surface area contributed by atoms with Gasteiger partial charge >= 0.3 is 11.9 Å². The van der Waals surface area contributed by atoms with Crippen molar-refractivity contribution < 1.29 is 38.7 Å². The summed E-state index contributed by atoms with van der Waals surface area (Å²) >= 11 is 1.15. The number of aliphatic carboxylic acids is 1. The number of carbonyl (C=O) groups is 5. The van der Waals surface area contributed by atoms with E-state index in [9.17, 15) is 29.1 Å². The van der Waals surface area contributed by atoms with Gasteiger partial charge in [-0.2, -0.15) is 0 Å². The summed E-state index contributed by atoms with van der Waals surface area (Å²) < 4.78 is 5.73. The molecule has 14 heteroatoms. The van der Waals surface area contributed by atoms with Gasteiger partial charge in [-0.25, -0.2) is 10.0 Å². The lowest BCUT2D eigenvalue weighted by molar-refractivity contribution is -0.210. The normalized spacial score (nSPS) is 13.1. The highest BCUT2D eigenvalue weighted by Gasteiger charge is 2.35. The highest BCUT2D eigenvalue weighted by atomic mass is 32.1. The lowest BCUT2D eigenvalue weighted by Gasteiger charge is -2.35. The minimum Gasteiger partial charge on any atom is -0.481 e. The first-order valence-corrected chi connectivity index (χ1v) is 18.6. The van der Waals surface area contributed by atoms with E-state index < -0.39 is 41.4 Å². The zero-order valence-electron chi connectivity index (χ0n) is 31.5. The van der Waals surface area contributed by atoms with Gasteiger partial charge in [0.2, 0.25) is 11.8 Å². The quantitative estimate of drug-likeness (QED) is 0.0491. The molecular formula is C38H55N5O8S. The van der Waals surface area contributed by atoms with Crippen LogP contribution in [0.25, 0.3) is 0 Å². The molecule has 0 spiro atoms. The molecule has 0 fully saturated rings. The van der Waals surface area contributed by atoms with E-state index in [2.05, 4.69) is 26.9 Å². The van der Waals surface area contributed by atoms with Crippen molar-refractivity contribution in [2.45, 2.75) is 111 Å². The van der Waals surface area contributed by atoms with E-state index in [1.807, 2.05) is 32.9 Å². The van der Waals surface area contributed by atoms with Gasteiger partial charge in [0.25, 0.3) is 5.91 Å². The van der Waals surface area contributed by atoms with E-state index in [-0.39, 0.29) is 49.4 Å². The predicted octanol–water partition coefficient (Wildman–Crippen LogP) is 5.53. The molecule has 3 atom stereocenters. The van der Waals surface area contributed by atoms with E-state index in [0.717, 1.165) is 23.3 Å². The predicted molar refractivity (Wildman–Crippen MR) is 200 cm³/mol. The van der Waals surface area contributed by atoms with Gasteiger partial charge < -0.3 is 25.8 Å². The maximum Gasteiger partial charge on any atom is 0.309 e. The van der Waals surface area contributed by atoms with Crippen LogP contribution in [0.4, 0.5) is 5.69 Å². The first-order chi connectivity index (χ1) is 24.6. The number of rotatable bonds is 23. The molecule has 0 radical (unpaired) electrons. The Kier molecular flexibility index (Phi) is 18.5. The summed E-state index contributed by atoms with van der Waals surface area (Å²) in [5.74, 6) is 0.0576. The molecule has 0 aliphatic carbocycles. The summed E-state index contributed by atoms with van der Waals surface area (Å²) in [5.41, 5.74) is 0.366. The van der Waals surface area contributed by atoms with Crippen molar-refractivity contribution in [1.29, 1.82) is 0 Å². The Labute approximate surface area is 311 Å². The van der Waals surface area contributed by atoms with Crippen LogP contribution in [-0.4, -0.2) is 77.1 Å². The molecule has 4 N–H and O–H groups in total. The number of ether oxygens (including phenoxy) is 1. The molecule has 2 rings (SSSR count). The molecular weight excluding hydrogens is 687 g/mol. The maximum atomic E-state index is 13.6. The topological polar surface area (TPSA) is 176 Å². The van der Waals surface area contributed by atoms with Crippen LogP contribution in [0.3, 0.4) is 0 Å². The van der Waals surface area contributed by atoms with Gasteiger partial charge in [-0.1, -0.05) is 39.3 Å². The summed E-state index contributed by atoms with van der Waals surface area (Å²) in [5, 5.41) is 21.7. The van der Waals surface area contributed by atoms with Crippen LogP contribution in [0.15, 0.2) is 29.6 Å². The molecule has 13 nitrogen and oxygen atoms in total. The fourth-order valence-corrected chi connectivity index (χ4v) is 6.28. The first-order valence-electron chi connectivity index (χ1n) is 17.7. The summed E-state index contributed by atoms with van der Waals surface area (Å²) in [6.45, 7) is 10.8. The number of aromatic nitrogens is 1. The third-order valence-corrected chi connectivity index (χ3v) is 9.22. The Morgan fingerprint density at radius 3 is 2.38 bits per heavy atom. The average Bonchev–Trinajstić information content (AvgIpc) is 3.57. The number of nitrogens with one attached hydrogen (secondary N) is 3. The highest BCUT2D eigenvalue weighted by Crippen LogP contribution is 2.32. The minimum absolute atomic E-state index is 0.0837. The zero-order valence-corrected chi connectivity index (χ0v) is 32.3. The van der Waals surface area contributed by atoms with Crippen LogP contribution >= 0.6 is 11.3 Å². The van der Waals surface area contributed by atoms with Crippen molar-refractivity contribution in [2.24, 2.45) is 11.3 Å². The average molecular weight is 742 g/mol. The van der Waals surface area contributed by atoms with Crippen LogP contribution in [0.1, 0.15) is 114 Å². The largest absolute Gasteiger partial charge is 0.481 e. The van der Waals surface area contributed by atoms with Crippen LogP contribution < -0.4 is 16.0 Å². The van der Waals surface area contributed by atoms with Gasteiger partial charge in [0.15, 0.2) is 6.10 Å². The molecule has 3 amide bonds. The smallest absolute Gasteiger partial charge is 0.309 e. The number of nitrogens with zero attached hydrogens (tertiary/aromatic N) is 2. The van der Waals surface area contributed by atoms with E-state index in [4.69, 9.17) is 16.0 Å². The Hall–Kier alpha value is -4.32. The van der Waals surface area contributed by atoms with Crippen LogP contribution in [-0.2, 0) is 35.2 Å². The number of carboxylic acid groups (broad SMARTS) is 1. The molecule has 52 heavy (non-hydrogen) atoms. The molecule has 1 heterocycles. The number of hydrogen-bond donors (Lipinski definition) is 4. The summed E-state index contributed by atoms with van der Waals surface area (Å²) in [4.78, 5) is 73.8. The minimum atomic E-state index is -1.15. The number of amides is 3. The Morgan fingerprint density at radius 2 is 1.81 bits per heavy atom. The van der Waals surface area contributed by atoms with Gasteiger partial charge in [0.1, 0.15) is 10.7 Å². The number of carbonyl (C=O) groups excluding carboxylic acids is 4. The number of likely N-dealkylation sites (N-methyl/N-ethyl adjacent to an activating group) is 1. The fourth-order valence-electron chi connectivity index (χ4n) is 5.44. The number of terminal acetylenes is 1. The number of hydrogen-bond acceptors (Lipinski definition) is 10.